The molecule has 0 spiro atoms. The number of hydrogen-bond acceptors (Lipinski definition) is 2. The van der Waals surface area contributed by atoms with Gasteiger partial charge >= 0.3 is 0 Å². The zero-order valence-electron chi connectivity index (χ0n) is 12.1. The van der Waals surface area contributed by atoms with Crippen LogP contribution in [0.1, 0.15) is 22.3 Å². The molecule has 0 fully saturated rings. The molecule has 2 nitrogen and oxygen atoms in total. The zero-order chi connectivity index (χ0) is 15.1. The molecule has 0 aromatic heterocycles. The maximum Gasteiger partial charge on any atom is 0.189 e. The lowest BCUT2D eigenvalue weighted by Crippen LogP contribution is -2.10. The number of fused-ring (bicyclic) bond motifs is 2. The van der Waals surface area contributed by atoms with Crippen molar-refractivity contribution in [2.24, 2.45) is 11.8 Å². The summed E-state index contributed by atoms with van der Waals surface area (Å²) >= 11 is 0. The topological polar surface area (TPSA) is 37.3 Å². The molecule has 0 saturated carbocycles. The number of carbonyl (C=O) groups excluding carboxylic acids is 1. The number of ketones is 1. The van der Waals surface area contributed by atoms with Crippen LogP contribution in [-0.4, -0.2) is 10.9 Å². The Labute approximate surface area is 129 Å². The van der Waals surface area contributed by atoms with Gasteiger partial charge in [0.2, 0.25) is 0 Å². The molecule has 108 valence electrons. The second kappa shape index (κ2) is 4.99. The Hall–Kier alpha value is -2.61. The molecule has 1 N–H and O–H groups in total. The standard InChI is InChI=1S/C20H16O2/c21-17-10-8-14(9-11-17)20(22)19-16-7-6-15(12-16)18(19)13-4-2-1-3-5-13/h1-11,15-16,21H,12H2. The van der Waals surface area contributed by atoms with E-state index in [2.05, 4.69) is 24.3 Å². The number of aromatic hydroxyl groups is 1. The Morgan fingerprint density at radius 3 is 2.32 bits per heavy atom. The van der Waals surface area contributed by atoms with Gasteiger partial charge in [-0.25, -0.2) is 0 Å². The second-order valence-electron chi connectivity index (χ2n) is 5.90. The predicted molar refractivity (Wildman–Crippen MR) is 86.5 cm³/mol. The molecule has 2 unspecified atom stereocenters. The van der Waals surface area contributed by atoms with Crippen LogP contribution in [0.3, 0.4) is 0 Å². The molecule has 0 aliphatic heterocycles. The largest absolute Gasteiger partial charge is 0.508 e. The van der Waals surface area contributed by atoms with Crippen molar-refractivity contribution in [1.82, 2.24) is 0 Å². The molecule has 0 saturated heterocycles. The first-order chi connectivity index (χ1) is 10.7. The van der Waals surface area contributed by atoms with Crippen molar-refractivity contribution in [3.8, 4) is 5.75 Å². The third kappa shape index (κ3) is 2.00. The number of hydrogen-bond donors (Lipinski definition) is 1. The first kappa shape index (κ1) is 13.1. The fourth-order valence-corrected chi connectivity index (χ4v) is 3.57. The number of phenolic OH excluding ortho intramolecular Hbond substituents is 1. The lowest BCUT2D eigenvalue weighted by molar-refractivity contribution is 0.102. The molecule has 2 heteroatoms. The average Bonchev–Trinajstić information content (AvgIpc) is 3.17. The molecule has 4 rings (SSSR count). The summed E-state index contributed by atoms with van der Waals surface area (Å²) < 4.78 is 0. The molecule has 0 heterocycles. The van der Waals surface area contributed by atoms with Crippen LogP contribution in [0.5, 0.6) is 5.75 Å². The van der Waals surface area contributed by atoms with Gasteiger partial charge in [0.1, 0.15) is 5.75 Å². The Morgan fingerprint density at radius 2 is 1.59 bits per heavy atom. The Morgan fingerprint density at radius 1 is 0.909 bits per heavy atom. The Bertz CT molecular complexity index is 782. The van der Waals surface area contributed by atoms with Crippen LogP contribution in [0.15, 0.2) is 72.3 Å². The highest BCUT2D eigenvalue weighted by molar-refractivity contribution is 6.15. The fourth-order valence-electron chi connectivity index (χ4n) is 3.57. The number of benzene rings is 2. The predicted octanol–water partition coefficient (Wildman–Crippen LogP) is 4.23. The third-order valence-electron chi connectivity index (χ3n) is 4.57. The molecular weight excluding hydrogens is 272 g/mol. The van der Waals surface area contributed by atoms with Gasteiger partial charge in [-0.1, -0.05) is 42.5 Å². The maximum atomic E-state index is 13.0. The van der Waals surface area contributed by atoms with Gasteiger partial charge in [0.05, 0.1) is 0 Å². The summed E-state index contributed by atoms with van der Waals surface area (Å²) in [5, 5.41) is 9.40. The first-order valence-electron chi connectivity index (χ1n) is 7.55. The summed E-state index contributed by atoms with van der Waals surface area (Å²) in [7, 11) is 0. The number of Topliss-reactive ketones (excluding diaryl/α,β-unsaturated/α-hetero) is 1. The van der Waals surface area contributed by atoms with E-state index in [0.29, 0.717) is 11.5 Å². The van der Waals surface area contributed by atoms with E-state index < -0.39 is 0 Å². The quantitative estimate of drug-likeness (QED) is 0.677. The Balaban J connectivity index is 1.82. The van der Waals surface area contributed by atoms with Crippen molar-refractivity contribution >= 4 is 11.4 Å². The van der Waals surface area contributed by atoms with Crippen molar-refractivity contribution in [1.29, 1.82) is 0 Å². The molecule has 2 atom stereocenters. The molecular formula is C20H16O2. The summed E-state index contributed by atoms with van der Waals surface area (Å²) in [6.07, 6.45) is 5.38. The highest BCUT2D eigenvalue weighted by Gasteiger charge is 2.39. The van der Waals surface area contributed by atoms with Crippen LogP contribution in [-0.2, 0) is 0 Å². The average molecular weight is 288 g/mol. The minimum absolute atomic E-state index is 0.0794. The van der Waals surface area contributed by atoms with Crippen molar-refractivity contribution in [2.45, 2.75) is 6.42 Å². The highest BCUT2D eigenvalue weighted by Crippen LogP contribution is 2.49. The summed E-state index contributed by atoms with van der Waals surface area (Å²) in [4.78, 5) is 13.0. The van der Waals surface area contributed by atoms with Gasteiger partial charge in [-0.15, -0.1) is 0 Å². The molecule has 2 aliphatic rings. The SMILES string of the molecule is O=C(C1=C(c2ccccc2)C2C=CC1C2)c1ccc(O)cc1. The minimum Gasteiger partial charge on any atom is -0.508 e. The van der Waals surface area contributed by atoms with Gasteiger partial charge in [0.25, 0.3) is 0 Å². The van der Waals surface area contributed by atoms with E-state index in [4.69, 9.17) is 0 Å². The molecule has 2 bridgehead atoms. The van der Waals surface area contributed by atoms with Crippen molar-refractivity contribution in [3.05, 3.63) is 83.4 Å². The van der Waals surface area contributed by atoms with Crippen LogP contribution in [0, 0.1) is 11.8 Å². The van der Waals surface area contributed by atoms with E-state index in [1.54, 1.807) is 24.3 Å². The van der Waals surface area contributed by atoms with Crippen molar-refractivity contribution in [3.63, 3.8) is 0 Å². The van der Waals surface area contributed by atoms with E-state index in [9.17, 15) is 9.90 Å². The van der Waals surface area contributed by atoms with Crippen LogP contribution in [0.4, 0.5) is 0 Å². The molecule has 2 aromatic rings. The monoisotopic (exact) mass is 288 g/mol. The van der Waals surface area contributed by atoms with Gasteiger partial charge in [-0.05, 0) is 41.8 Å². The smallest absolute Gasteiger partial charge is 0.189 e. The van der Waals surface area contributed by atoms with Gasteiger partial charge in [0, 0.05) is 23.0 Å². The number of carbonyl (C=O) groups is 1. The van der Waals surface area contributed by atoms with Crippen molar-refractivity contribution in [2.75, 3.05) is 0 Å². The molecule has 2 aliphatic carbocycles. The molecule has 0 amide bonds. The minimum atomic E-state index is 0.0794. The van der Waals surface area contributed by atoms with Gasteiger partial charge in [-0.3, -0.25) is 4.79 Å². The number of phenols is 1. The van der Waals surface area contributed by atoms with Crippen LogP contribution in [0.2, 0.25) is 0 Å². The van der Waals surface area contributed by atoms with Crippen LogP contribution in [0.25, 0.3) is 5.57 Å². The van der Waals surface area contributed by atoms with Gasteiger partial charge in [-0.2, -0.15) is 0 Å². The summed E-state index contributed by atoms with van der Waals surface area (Å²) in [6.45, 7) is 0. The summed E-state index contributed by atoms with van der Waals surface area (Å²) in [6, 6.07) is 16.7. The van der Waals surface area contributed by atoms with E-state index in [-0.39, 0.29) is 17.5 Å². The van der Waals surface area contributed by atoms with Gasteiger partial charge in [0.15, 0.2) is 5.78 Å². The van der Waals surface area contributed by atoms with Crippen LogP contribution >= 0.6 is 0 Å². The number of rotatable bonds is 3. The molecule has 22 heavy (non-hydrogen) atoms. The lowest BCUT2D eigenvalue weighted by Gasteiger charge is -2.16. The molecule has 0 radical (unpaired) electrons. The third-order valence-corrected chi connectivity index (χ3v) is 4.57. The normalized spacial score (nSPS) is 22.4. The molecule has 2 aromatic carbocycles. The summed E-state index contributed by atoms with van der Waals surface area (Å²) in [5.74, 6) is 0.835. The van der Waals surface area contributed by atoms with E-state index in [1.165, 1.54) is 5.57 Å². The highest BCUT2D eigenvalue weighted by atomic mass is 16.3. The fraction of sp³-hybridized carbons (Fsp3) is 0.150. The van der Waals surface area contributed by atoms with E-state index in [1.807, 2.05) is 18.2 Å². The van der Waals surface area contributed by atoms with E-state index in [0.717, 1.165) is 17.6 Å². The second-order valence-corrected chi connectivity index (χ2v) is 5.90. The zero-order valence-corrected chi connectivity index (χ0v) is 12.1. The van der Waals surface area contributed by atoms with Crippen molar-refractivity contribution < 1.29 is 9.90 Å². The first-order valence-corrected chi connectivity index (χ1v) is 7.55. The maximum absolute atomic E-state index is 13.0. The summed E-state index contributed by atoms with van der Waals surface area (Å²) in [5.41, 5.74) is 3.87. The lowest BCUT2D eigenvalue weighted by atomic mass is 9.87. The van der Waals surface area contributed by atoms with E-state index >= 15 is 0 Å². The van der Waals surface area contributed by atoms with Gasteiger partial charge < -0.3 is 5.11 Å². The number of allylic oxidation sites excluding steroid dienone is 4. The Kier molecular flexibility index (Phi) is 2.97. The van der Waals surface area contributed by atoms with Crippen LogP contribution < -0.4 is 0 Å².